The molecular formula is C14H21N3O2. The minimum atomic E-state index is -0.338. The lowest BCUT2D eigenvalue weighted by molar-refractivity contribution is -0.125. The smallest absolute Gasteiger partial charge is 0.239 e. The highest BCUT2D eigenvalue weighted by Crippen LogP contribution is 2.18. The summed E-state index contributed by atoms with van der Waals surface area (Å²) in [5.41, 5.74) is 8.51. The first-order chi connectivity index (χ1) is 8.93. The van der Waals surface area contributed by atoms with Gasteiger partial charge >= 0.3 is 0 Å². The molecule has 2 amide bonds. The van der Waals surface area contributed by atoms with Crippen molar-refractivity contribution in [2.45, 2.75) is 26.8 Å². The number of hydrogen-bond acceptors (Lipinski definition) is 3. The molecule has 1 aromatic rings. The quantitative estimate of drug-likeness (QED) is 0.725. The Morgan fingerprint density at radius 2 is 1.95 bits per heavy atom. The van der Waals surface area contributed by atoms with Crippen molar-refractivity contribution < 1.29 is 9.59 Å². The maximum atomic E-state index is 11.7. The molecule has 0 saturated carbocycles. The molecule has 1 rings (SSSR count). The molecule has 104 valence electrons. The lowest BCUT2D eigenvalue weighted by Crippen LogP contribution is -2.40. The number of carbonyl (C=O) groups is 2. The van der Waals surface area contributed by atoms with Gasteiger partial charge in [0, 0.05) is 0 Å². The lowest BCUT2D eigenvalue weighted by atomic mass is 10.00. The van der Waals surface area contributed by atoms with Gasteiger partial charge in [-0.25, -0.2) is 0 Å². The van der Waals surface area contributed by atoms with Crippen molar-refractivity contribution in [1.82, 2.24) is 10.6 Å². The average Bonchev–Trinajstić information content (AvgIpc) is 2.38. The molecule has 5 nitrogen and oxygen atoms in total. The molecule has 19 heavy (non-hydrogen) atoms. The summed E-state index contributed by atoms with van der Waals surface area (Å²) in [6, 6.07) is 6.03. The van der Waals surface area contributed by atoms with Crippen molar-refractivity contribution in [2.75, 3.05) is 13.1 Å². The molecule has 0 aliphatic carbocycles. The van der Waals surface area contributed by atoms with Crippen LogP contribution in [-0.2, 0) is 9.59 Å². The van der Waals surface area contributed by atoms with Crippen molar-refractivity contribution in [3.63, 3.8) is 0 Å². The Bertz CT molecular complexity index is 472. The van der Waals surface area contributed by atoms with Crippen LogP contribution < -0.4 is 16.4 Å². The molecule has 0 aliphatic rings. The largest absolute Gasteiger partial charge is 0.348 e. The Balaban J connectivity index is 2.59. The van der Waals surface area contributed by atoms with E-state index in [1.165, 1.54) is 0 Å². The van der Waals surface area contributed by atoms with Gasteiger partial charge in [0.1, 0.15) is 0 Å². The monoisotopic (exact) mass is 263 g/mol. The van der Waals surface area contributed by atoms with Gasteiger partial charge in [0.05, 0.1) is 19.1 Å². The van der Waals surface area contributed by atoms with Gasteiger partial charge in [0.2, 0.25) is 11.8 Å². The normalized spacial score (nSPS) is 11.8. The van der Waals surface area contributed by atoms with Gasteiger partial charge in [0.25, 0.3) is 0 Å². The zero-order valence-electron chi connectivity index (χ0n) is 11.6. The zero-order chi connectivity index (χ0) is 14.4. The molecule has 4 N–H and O–H groups in total. The Labute approximate surface area is 113 Å². The van der Waals surface area contributed by atoms with Crippen LogP contribution in [0.1, 0.15) is 29.7 Å². The molecule has 0 aliphatic heterocycles. The van der Waals surface area contributed by atoms with E-state index in [-0.39, 0.29) is 30.9 Å². The van der Waals surface area contributed by atoms with Crippen LogP contribution in [0.25, 0.3) is 0 Å². The van der Waals surface area contributed by atoms with Crippen molar-refractivity contribution in [2.24, 2.45) is 5.73 Å². The molecule has 0 fully saturated rings. The predicted molar refractivity (Wildman–Crippen MR) is 74.5 cm³/mol. The van der Waals surface area contributed by atoms with E-state index in [0.717, 1.165) is 16.7 Å². The Morgan fingerprint density at radius 1 is 1.26 bits per heavy atom. The van der Waals surface area contributed by atoms with Crippen LogP contribution >= 0.6 is 0 Å². The number of nitrogens with one attached hydrogen (secondary N) is 2. The van der Waals surface area contributed by atoms with Gasteiger partial charge in [-0.15, -0.1) is 0 Å². The topological polar surface area (TPSA) is 84.2 Å². The van der Waals surface area contributed by atoms with Gasteiger partial charge in [0.15, 0.2) is 0 Å². The fourth-order valence-corrected chi connectivity index (χ4v) is 1.85. The molecule has 0 spiro atoms. The summed E-state index contributed by atoms with van der Waals surface area (Å²) < 4.78 is 0. The van der Waals surface area contributed by atoms with E-state index >= 15 is 0 Å². The first-order valence-electron chi connectivity index (χ1n) is 6.27. The van der Waals surface area contributed by atoms with Crippen LogP contribution in [0, 0.1) is 13.8 Å². The third-order valence-electron chi connectivity index (χ3n) is 2.91. The summed E-state index contributed by atoms with van der Waals surface area (Å²) >= 11 is 0. The summed E-state index contributed by atoms with van der Waals surface area (Å²) in [6.45, 7) is 5.78. The van der Waals surface area contributed by atoms with Crippen LogP contribution in [0.15, 0.2) is 18.2 Å². The van der Waals surface area contributed by atoms with E-state index < -0.39 is 0 Å². The van der Waals surface area contributed by atoms with E-state index in [1.807, 2.05) is 32.9 Å². The van der Waals surface area contributed by atoms with Gasteiger partial charge in [-0.3, -0.25) is 9.59 Å². The number of benzene rings is 1. The molecule has 1 aromatic carbocycles. The van der Waals surface area contributed by atoms with Gasteiger partial charge in [-0.2, -0.15) is 0 Å². The number of hydrogen-bond donors (Lipinski definition) is 3. The molecule has 5 heteroatoms. The number of carbonyl (C=O) groups excluding carboxylic acids is 2. The van der Waals surface area contributed by atoms with Crippen LogP contribution in [0.2, 0.25) is 0 Å². The predicted octanol–water partition coefficient (Wildman–Crippen LogP) is 0.556. The van der Waals surface area contributed by atoms with E-state index in [4.69, 9.17) is 5.73 Å². The Morgan fingerprint density at radius 3 is 2.58 bits per heavy atom. The molecule has 0 saturated heterocycles. The van der Waals surface area contributed by atoms with Crippen molar-refractivity contribution in [1.29, 1.82) is 0 Å². The third kappa shape index (κ3) is 4.71. The maximum absolute atomic E-state index is 11.7. The maximum Gasteiger partial charge on any atom is 0.239 e. The van der Waals surface area contributed by atoms with E-state index in [0.29, 0.717) is 0 Å². The summed E-state index contributed by atoms with van der Waals surface area (Å²) in [7, 11) is 0. The number of rotatable bonds is 5. The van der Waals surface area contributed by atoms with Crippen LogP contribution in [0.5, 0.6) is 0 Å². The standard InChI is InChI=1S/C14H21N3O2/c1-9-4-5-10(2)12(6-9)11(3)17-14(19)8-16-13(18)7-15/h4-6,11H,7-8,15H2,1-3H3,(H,16,18)(H,17,19). The average molecular weight is 263 g/mol. The van der Waals surface area contributed by atoms with Crippen molar-refractivity contribution in [3.05, 3.63) is 34.9 Å². The van der Waals surface area contributed by atoms with E-state index in [2.05, 4.69) is 16.7 Å². The van der Waals surface area contributed by atoms with E-state index in [1.54, 1.807) is 0 Å². The molecule has 1 atom stereocenters. The van der Waals surface area contributed by atoms with Crippen LogP contribution in [0.3, 0.4) is 0 Å². The van der Waals surface area contributed by atoms with Gasteiger partial charge < -0.3 is 16.4 Å². The second kappa shape index (κ2) is 6.89. The first-order valence-corrected chi connectivity index (χ1v) is 6.27. The summed E-state index contributed by atoms with van der Waals surface area (Å²) in [5.74, 6) is -0.565. The third-order valence-corrected chi connectivity index (χ3v) is 2.91. The van der Waals surface area contributed by atoms with Gasteiger partial charge in [-0.05, 0) is 31.9 Å². The summed E-state index contributed by atoms with van der Waals surface area (Å²) in [4.78, 5) is 22.6. The molecular weight excluding hydrogens is 242 g/mol. The fourth-order valence-electron chi connectivity index (χ4n) is 1.85. The first kappa shape index (κ1) is 15.2. The highest BCUT2D eigenvalue weighted by atomic mass is 16.2. The number of aryl methyl sites for hydroxylation is 2. The van der Waals surface area contributed by atoms with Crippen LogP contribution in [-0.4, -0.2) is 24.9 Å². The second-order valence-electron chi connectivity index (χ2n) is 4.63. The van der Waals surface area contributed by atoms with Crippen molar-refractivity contribution in [3.8, 4) is 0 Å². The minimum Gasteiger partial charge on any atom is -0.348 e. The van der Waals surface area contributed by atoms with Crippen molar-refractivity contribution >= 4 is 11.8 Å². The molecule has 0 bridgehead atoms. The zero-order valence-corrected chi connectivity index (χ0v) is 11.6. The molecule has 0 radical (unpaired) electrons. The van der Waals surface area contributed by atoms with Gasteiger partial charge in [-0.1, -0.05) is 23.8 Å². The Hall–Kier alpha value is -1.88. The SMILES string of the molecule is Cc1ccc(C)c(C(C)NC(=O)CNC(=O)CN)c1. The second-order valence-corrected chi connectivity index (χ2v) is 4.63. The Kier molecular flexibility index (Phi) is 5.51. The molecule has 0 heterocycles. The highest BCUT2D eigenvalue weighted by molar-refractivity contribution is 5.85. The number of nitrogens with two attached hydrogens (primary N) is 1. The highest BCUT2D eigenvalue weighted by Gasteiger charge is 2.12. The van der Waals surface area contributed by atoms with Crippen LogP contribution in [0.4, 0.5) is 0 Å². The molecule has 1 unspecified atom stereocenters. The van der Waals surface area contributed by atoms with E-state index in [9.17, 15) is 9.59 Å². The fraction of sp³-hybridized carbons (Fsp3) is 0.429. The number of amides is 2. The summed E-state index contributed by atoms with van der Waals surface area (Å²) in [5, 5.41) is 5.29. The molecule has 0 aromatic heterocycles. The minimum absolute atomic E-state index is 0.0504. The summed E-state index contributed by atoms with van der Waals surface area (Å²) in [6.07, 6.45) is 0. The lowest BCUT2D eigenvalue weighted by Gasteiger charge is -2.17.